The molecule has 0 heterocycles. The van der Waals surface area contributed by atoms with Gasteiger partial charge in [0, 0.05) is 6.04 Å². The molecule has 0 aromatic rings. The van der Waals surface area contributed by atoms with Crippen molar-refractivity contribution < 1.29 is 4.79 Å². The van der Waals surface area contributed by atoms with E-state index < -0.39 is 0 Å². The van der Waals surface area contributed by atoms with E-state index in [2.05, 4.69) is 12.2 Å². The summed E-state index contributed by atoms with van der Waals surface area (Å²) in [5, 5.41) is 3.27. The lowest BCUT2D eigenvalue weighted by Gasteiger charge is -2.14. The number of nitrogens with one attached hydrogen (secondary N) is 1. The van der Waals surface area contributed by atoms with Crippen LogP contribution in [0.3, 0.4) is 0 Å². The van der Waals surface area contributed by atoms with E-state index in [0.29, 0.717) is 6.04 Å². The smallest absolute Gasteiger partial charge is 0.234 e. The van der Waals surface area contributed by atoms with Crippen molar-refractivity contribution >= 4 is 5.91 Å². The van der Waals surface area contributed by atoms with E-state index in [1.54, 1.807) is 0 Å². The molecule has 1 fully saturated rings. The van der Waals surface area contributed by atoms with Gasteiger partial charge < -0.3 is 11.1 Å². The lowest BCUT2D eigenvalue weighted by atomic mass is 10.1. The van der Waals surface area contributed by atoms with Gasteiger partial charge in [-0.1, -0.05) is 26.2 Å². The summed E-state index contributed by atoms with van der Waals surface area (Å²) in [7, 11) is 0. The summed E-state index contributed by atoms with van der Waals surface area (Å²) in [4.78, 5) is 11.0. The number of primary amides is 1. The van der Waals surface area contributed by atoms with Crippen LogP contribution in [0.15, 0.2) is 0 Å². The fourth-order valence-electron chi connectivity index (χ4n) is 1.44. The van der Waals surface area contributed by atoms with E-state index in [4.69, 9.17) is 5.73 Å². The molecule has 1 amide bonds. The number of nitrogens with two attached hydrogens (primary N) is 1. The minimum atomic E-state index is -0.192. The minimum Gasteiger partial charge on any atom is -0.368 e. The topological polar surface area (TPSA) is 55.1 Å². The highest BCUT2D eigenvalue weighted by molar-refractivity contribution is 5.79. The van der Waals surface area contributed by atoms with E-state index in [0.717, 1.165) is 12.8 Å². The second-order valence-electron chi connectivity index (χ2n) is 3.89. The van der Waals surface area contributed by atoms with Crippen molar-refractivity contribution in [1.29, 1.82) is 0 Å². The Bertz CT molecular complexity index is 166. The Morgan fingerprint density at radius 3 is 2.69 bits per heavy atom. The molecule has 3 heteroatoms. The predicted molar refractivity (Wildman–Crippen MR) is 53.3 cm³/mol. The van der Waals surface area contributed by atoms with Crippen molar-refractivity contribution in [2.24, 2.45) is 5.73 Å². The van der Waals surface area contributed by atoms with Crippen LogP contribution < -0.4 is 11.1 Å². The highest BCUT2D eigenvalue weighted by atomic mass is 16.1. The van der Waals surface area contributed by atoms with Gasteiger partial charge in [0.15, 0.2) is 0 Å². The van der Waals surface area contributed by atoms with Crippen LogP contribution in [-0.2, 0) is 4.79 Å². The molecule has 0 bridgehead atoms. The molecule has 1 atom stereocenters. The average molecular weight is 184 g/mol. The largest absolute Gasteiger partial charge is 0.368 e. The fraction of sp³-hybridized carbons (Fsp3) is 0.900. The highest BCUT2D eigenvalue weighted by Gasteiger charge is 2.26. The number of carbonyl (C=O) groups is 1. The number of rotatable bonds is 7. The van der Waals surface area contributed by atoms with Gasteiger partial charge in [-0.25, -0.2) is 0 Å². The van der Waals surface area contributed by atoms with Crippen molar-refractivity contribution in [2.75, 3.05) is 0 Å². The standard InChI is InChI=1S/C10H20N2O/c1-2-3-4-5-9(10(11)13)12-8-6-7-8/h8-9,12H,2-7H2,1H3,(H2,11,13). The quantitative estimate of drug-likeness (QED) is 0.584. The molecule has 0 aliphatic heterocycles. The van der Waals surface area contributed by atoms with Crippen LogP contribution in [0.5, 0.6) is 0 Å². The molecule has 1 rings (SSSR count). The maximum Gasteiger partial charge on any atom is 0.234 e. The number of hydrogen-bond donors (Lipinski definition) is 2. The summed E-state index contributed by atoms with van der Waals surface area (Å²) >= 11 is 0. The van der Waals surface area contributed by atoms with Gasteiger partial charge in [0.25, 0.3) is 0 Å². The van der Waals surface area contributed by atoms with Crippen molar-refractivity contribution in [2.45, 2.75) is 57.5 Å². The molecular formula is C10H20N2O. The molecule has 0 aromatic heterocycles. The third-order valence-corrected chi connectivity index (χ3v) is 2.45. The van der Waals surface area contributed by atoms with E-state index in [1.807, 2.05) is 0 Å². The molecular weight excluding hydrogens is 164 g/mol. The van der Waals surface area contributed by atoms with Crippen molar-refractivity contribution in [3.8, 4) is 0 Å². The fourth-order valence-corrected chi connectivity index (χ4v) is 1.44. The molecule has 0 radical (unpaired) electrons. The van der Waals surface area contributed by atoms with Gasteiger partial charge in [0.05, 0.1) is 6.04 Å². The second-order valence-corrected chi connectivity index (χ2v) is 3.89. The van der Waals surface area contributed by atoms with E-state index in [1.165, 1.54) is 25.7 Å². The van der Waals surface area contributed by atoms with Gasteiger partial charge in [-0.15, -0.1) is 0 Å². The SMILES string of the molecule is CCCCCC(NC1CC1)C(N)=O. The molecule has 76 valence electrons. The summed E-state index contributed by atoms with van der Waals surface area (Å²) in [5.41, 5.74) is 5.29. The minimum absolute atomic E-state index is 0.0842. The van der Waals surface area contributed by atoms with Gasteiger partial charge in [0.2, 0.25) is 5.91 Å². The lowest BCUT2D eigenvalue weighted by molar-refractivity contribution is -0.120. The van der Waals surface area contributed by atoms with Crippen LogP contribution >= 0.6 is 0 Å². The number of hydrogen-bond acceptors (Lipinski definition) is 2. The van der Waals surface area contributed by atoms with Crippen molar-refractivity contribution in [3.63, 3.8) is 0 Å². The van der Waals surface area contributed by atoms with Crippen LogP contribution in [0.4, 0.5) is 0 Å². The Hall–Kier alpha value is -0.570. The van der Waals surface area contributed by atoms with Gasteiger partial charge in [0.1, 0.15) is 0 Å². The normalized spacial score (nSPS) is 18.5. The zero-order valence-electron chi connectivity index (χ0n) is 8.38. The summed E-state index contributed by atoms with van der Waals surface area (Å²) in [6, 6.07) is 0.484. The maximum atomic E-state index is 11.0. The Kier molecular flexibility index (Phi) is 4.22. The van der Waals surface area contributed by atoms with Crippen LogP contribution in [0.1, 0.15) is 45.4 Å². The number of amides is 1. The molecule has 1 aliphatic rings. The summed E-state index contributed by atoms with van der Waals surface area (Å²) < 4.78 is 0. The monoisotopic (exact) mass is 184 g/mol. The Balaban J connectivity index is 2.16. The zero-order valence-corrected chi connectivity index (χ0v) is 8.38. The van der Waals surface area contributed by atoms with Crippen LogP contribution in [0, 0.1) is 0 Å². The van der Waals surface area contributed by atoms with Gasteiger partial charge in [-0.3, -0.25) is 4.79 Å². The molecule has 1 unspecified atom stereocenters. The first-order valence-corrected chi connectivity index (χ1v) is 5.29. The summed E-state index contributed by atoms with van der Waals surface area (Å²) in [6.45, 7) is 2.16. The molecule has 0 spiro atoms. The van der Waals surface area contributed by atoms with Gasteiger partial charge in [-0.05, 0) is 19.3 Å². The molecule has 3 nitrogen and oxygen atoms in total. The first kappa shape index (κ1) is 10.5. The molecule has 0 aromatic carbocycles. The maximum absolute atomic E-state index is 11.0. The molecule has 0 saturated heterocycles. The second kappa shape index (κ2) is 5.22. The van der Waals surface area contributed by atoms with Crippen LogP contribution in [-0.4, -0.2) is 18.0 Å². The van der Waals surface area contributed by atoms with Crippen molar-refractivity contribution in [1.82, 2.24) is 5.32 Å². The number of carbonyl (C=O) groups excluding carboxylic acids is 1. The Morgan fingerprint density at radius 1 is 1.54 bits per heavy atom. The number of unbranched alkanes of at least 4 members (excludes halogenated alkanes) is 2. The summed E-state index contributed by atoms with van der Waals surface area (Å²) in [6.07, 6.45) is 6.80. The molecule has 13 heavy (non-hydrogen) atoms. The first-order valence-electron chi connectivity index (χ1n) is 5.29. The molecule has 1 saturated carbocycles. The Labute approximate surface area is 80.1 Å². The van der Waals surface area contributed by atoms with E-state index in [9.17, 15) is 4.79 Å². The van der Waals surface area contributed by atoms with Crippen LogP contribution in [0.2, 0.25) is 0 Å². The molecule has 3 N–H and O–H groups in total. The van der Waals surface area contributed by atoms with Crippen LogP contribution in [0.25, 0.3) is 0 Å². The average Bonchev–Trinajstić information content (AvgIpc) is 2.86. The van der Waals surface area contributed by atoms with E-state index in [-0.39, 0.29) is 11.9 Å². The van der Waals surface area contributed by atoms with Gasteiger partial charge >= 0.3 is 0 Å². The van der Waals surface area contributed by atoms with E-state index >= 15 is 0 Å². The zero-order chi connectivity index (χ0) is 9.68. The third kappa shape index (κ3) is 4.27. The predicted octanol–water partition coefficient (Wildman–Crippen LogP) is 1.17. The Morgan fingerprint density at radius 2 is 2.23 bits per heavy atom. The third-order valence-electron chi connectivity index (χ3n) is 2.45. The highest BCUT2D eigenvalue weighted by Crippen LogP contribution is 2.20. The van der Waals surface area contributed by atoms with Gasteiger partial charge in [-0.2, -0.15) is 0 Å². The first-order chi connectivity index (χ1) is 6.24. The lowest BCUT2D eigenvalue weighted by Crippen LogP contribution is -2.42. The molecule has 1 aliphatic carbocycles. The van der Waals surface area contributed by atoms with Crippen molar-refractivity contribution in [3.05, 3.63) is 0 Å². The summed E-state index contributed by atoms with van der Waals surface area (Å²) in [5.74, 6) is -0.192.